The number of benzene rings is 3. The molecule has 4 aliphatic rings. The molecule has 3 aliphatic heterocycles. The monoisotopic (exact) mass is 884 g/mol. The highest BCUT2D eigenvalue weighted by molar-refractivity contribution is 6.74. The van der Waals surface area contributed by atoms with Gasteiger partial charge in [-0.2, -0.15) is 0 Å². The van der Waals surface area contributed by atoms with Crippen LogP contribution in [-0.4, -0.2) is 74.6 Å². The molecule has 8 rings (SSSR count). The first-order valence-corrected chi connectivity index (χ1v) is 25.8. The number of phenols is 1. The first-order valence-electron chi connectivity index (χ1n) is 22.5. The minimum atomic E-state index is -2.27. The maximum atomic E-state index is 13.9. The summed E-state index contributed by atoms with van der Waals surface area (Å²) in [7, 11) is -0.681. The largest absolute Gasteiger partial charge is 0.506 e. The zero-order valence-corrected chi connectivity index (χ0v) is 39.1. The quantitative estimate of drug-likeness (QED) is 0.0640. The number of nitrogens with one attached hydrogen (secondary N) is 3. The summed E-state index contributed by atoms with van der Waals surface area (Å²) in [5.41, 5.74) is 3.83. The number of rotatable bonds is 16. The number of H-pyrrole nitrogens is 1. The Labute approximate surface area is 372 Å². The number of halogens is 1. The highest BCUT2D eigenvalue weighted by Gasteiger charge is 2.46. The van der Waals surface area contributed by atoms with E-state index in [4.69, 9.17) is 25.5 Å². The summed E-state index contributed by atoms with van der Waals surface area (Å²) in [6.07, 6.45) is 8.41. The third-order valence-corrected chi connectivity index (χ3v) is 18.9. The Bertz CT molecular complexity index is 2280. The van der Waals surface area contributed by atoms with Gasteiger partial charge in [-0.25, -0.2) is 0 Å². The van der Waals surface area contributed by atoms with Gasteiger partial charge in [0.25, 0.3) is 0 Å². The molecular formula is C49H65ClN4O7Si. The lowest BCUT2D eigenvalue weighted by Gasteiger charge is -2.45. The predicted molar refractivity (Wildman–Crippen MR) is 249 cm³/mol. The molecule has 11 nitrogen and oxygen atoms in total. The molecule has 1 aromatic heterocycles. The SMILES string of the molecule is COc1cc(NC(=O)CCCc2ccc(C3(C(=O)OC4CN5CCC4CC5)CCCCC3)cc2)c(Cl)cc1CNC[C@H](O[Si](C)(C)C(C)(C)C)c1ccc(O)c2[nH]c(=O)ccc12. The molecule has 3 saturated heterocycles. The topological polar surface area (TPSA) is 142 Å². The number of esters is 1. The Morgan fingerprint density at radius 2 is 1.74 bits per heavy atom. The van der Waals surface area contributed by atoms with Crippen LogP contribution in [0.5, 0.6) is 11.5 Å². The number of pyridine rings is 1. The number of carbonyl (C=O) groups is 2. The first-order chi connectivity index (χ1) is 29.6. The molecule has 4 N–H and O–H groups in total. The molecule has 2 atom stereocenters. The maximum absolute atomic E-state index is 13.9. The normalized spacial score (nSPS) is 20.5. The molecule has 0 spiro atoms. The summed E-state index contributed by atoms with van der Waals surface area (Å²) in [5, 5.41) is 18.2. The Kier molecular flexibility index (Phi) is 14.2. The lowest BCUT2D eigenvalue weighted by atomic mass is 9.69. The van der Waals surface area contributed by atoms with Crippen molar-refractivity contribution >= 4 is 48.4 Å². The average Bonchev–Trinajstić information content (AvgIpc) is 3.25. The number of piperidine rings is 3. The number of amides is 1. The van der Waals surface area contributed by atoms with E-state index in [-0.39, 0.29) is 40.4 Å². The molecule has 1 amide bonds. The number of nitrogens with zero attached hydrogens (tertiary/aromatic N) is 1. The van der Waals surface area contributed by atoms with Gasteiger partial charge in [0.2, 0.25) is 11.5 Å². The van der Waals surface area contributed by atoms with Crippen LogP contribution in [0.1, 0.15) is 107 Å². The Morgan fingerprint density at radius 1 is 1.02 bits per heavy atom. The van der Waals surface area contributed by atoms with Gasteiger partial charge in [-0.3, -0.25) is 19.3 Å². The second kappa shape index (κ2) is 19.3. The molecular weight excluding hydrogens is 820 g/mol. The van der Waals surface area contributed by atoms with Crippen molar-refractivity contribution in [1.82, 2.24) is 15.2 Å². The standard InChI is InChI=1S/C49H65ClN4O7Si/c1-48(2,3)62(5,6)61-42(36-17-19-40(55)46-37(36)18-20-45(57)53-46)30-51-29-34-27-38(50)39(28-41(34)59-4)52-44(56)12-10-11-32-13-15-35(16-14-32)49(23-8-7-9-24-49)47(58)60-43-31-54-25-21-33(43)22-26-54/h13-20,27-28,33,42-43,51,55H,7-12,21-26,29-31H2,1-6H3,(H,52,56)(H,53,57)/t42-,43?/m0/s1. The van der Waals surface area contributed by atoms with E-state index in [1.165, 1.54) is 6.07 Å². The van der Waals surface area contributed by atoms with Crippen molar-refractivity contribution in [2.75, 3.05) is 38.6 Å². The lowest BCUT2D eigenvalue weighted by molar-refractivity contribution is -0.167. The third kappa shape index (κ3) is 10.3. The second-order valence-corrected chi connectivity index (χ2v) is 24.4. The number of aromatic amines is 1. The third-order valence-electron chi connectivity index (χ3n) is 14.1. The van der Waals surface area contributed by atoms with E-state index in [9.17, 15) is 19.5 Å². The van der Waals surface area contributed by atoms with E-state index >= 15 is 0 Å². The van der Waals surface area contributed by atoms with Gasteiger partial charge in [0, 0.05) is 49.1 Å². The summed E-state index contributed by atoms with van der Waals surface area (Å²) in [5.74, 6) is 0.884. The summed E-state index contributed by atoms with van der Waals surface area (Å²) in [6.45, 7) is 14.9. The van der Waals surface area contributed by atoms with Crippen LogP contribution >= 0.6 is 11.6 Å². The second-order valence-electron chi connectivity index (χ2n) is 19.2. The van der Waals surface area contributed by atoms with Gasteiger partial charge in [-0.1, -0.05) is 82.0 Å². The fourth-order valence-corrected chi connectivity index (χ4v) is 10.9. The molecule has 1 aliphatic carbocycles. The molecule has 334 valence electrons. The highest BCUT2D eigenvalue weighted by Crippen LogP contribution is 2.43. The molecule has 4 aromatic rings. The van der Waals surface area contributed by atoms with Crippen molar-refractivity contribution in [2.24, 2.45) is 5.92 Å². The molecule has 2 bridgehead atoms. The number of aromatic nitrogens is 1. The van der Waals surface area contributed by atoms with Gasteiger partial charge in [-0.05, 0) is 111 Å². The zero-order valence-electron chi connectivity index (χ0n) is 37.3. The van der Waals surface area contributed by atoms with Gasteiger partial charge in [0.1, 0.15) is 17.6 Å². The minimum absolute atomic E-state index is 0.0000229. The summed E-state index contributed by atoms with van der Waals surface area (Å²) >= 11 is 6.78. The van der Waals surface area contributed by atoms with Crippen molar-refractivity contribution < 1.29 is 28.6 Å². The van der Waals surface area contributed by atoms with Crippen LogP contribution in [0.15, 0.2) is 65.5 Å². The summed E-state index contributed by atoms with van der Waals surface area (Å²) in [6, 6.07) is 18.6. The maximum Gasteiger partial charge on any atom is 0.316 e. The fourth-order valence-electron chi connectivity index (χ4n) is 9.36. The number of phenolic OH excluding ortho intramolecular Hbond substituents is 1. The fraction of sp³-hybridized carbons (Fsp3) is 0.531. The Hall–Kier alpha value is -4.20. The van der Waals surface area contributed by atoms with Crippen LogP contribution in [-0.2, 0) is 37.1 Å². The van der Waals surface area contributed by atoms with Crippen LogP contribution in [0, 0.1) is 5.92 Å². The van der Waals surface area contributed by atoms with Crippen molar-refractivity contribution in [2.45, 2.75) is 127 Å². The average molecular weight is 886 g/mol. The Morgan fingerprint density at radius 3 is 2.40 bits per heavy atom. The van der Waals surface area contributed by atoms with Crippen LogP contribution in [0.4, 0.5) is 5.69 Å². The van der Waals surface area contributed by atoms with Crippen LogP contribution < -0.4 is 20.9 Å². The number of methoxy groups -OCH3 is 1. The van der Waals surface area contributed by atoms with Gasteiger partial charge in [0.05, 0.1) is 34.9 Å². The number of carbonyl (C=O) groups excluding carboxylic acids is 2. The van der Waals surface area contributed by atoms with E-state index in [0.717, 1.165) is 98.6 Å². The zero-order chi connectivity index (χ0) is 44.2. The number of hydrogen-bond donors (Lipinski definition) is 4. The van der Waals surface area contributed by atoms with Crippen molar-refractivity contribution in [3.05, 3.63) is 98.3 Å². The van der Waals surface area contributed by atoms with E-state index in [1.54, 1.807) is 31.4 Å². The summed E-state index contributed by atoms with van der Waals surface area (Å²) < 4.78 is 19.1. The molecule has 62 heavy (non-hydrogen) atoms. The number of fused-ring (bicyclic) bond motifs is 4. The molecule has 0 radical (unpaired) electrons. The minimum Gasteiger partial charge on any atom is -0.506 e. The number of ether oxygens (including phenoxy) is 2. The number of anilines is 1. The number of aryl methyl sites for hydroxylation is 1. The molecule has 3 aromatic carbocycles. The van der Waals surface area contributed by atoms with Crippen LogP contribution in [0.3, 0.4) is 0 Å². The highest BCUT2D eigenvalue weighted by atomic mass is 35.5. The predicted octanol–water partition coefficient (Wildman–Crippen LogP) is 9.55. The van der Waals surface area contributed by atoms with Gasteiger partial charge in [-0.15, -0.1) is 0 Å². The number of aromatic hydroxyl groups is 1. The van der Waals surface area contributed by atoms with Gasteiger partial charge in [0.15, 0.2) is 8.32 Å². The van der Waals surface area contributed by atoms with Crippen molar-refractivity contribution in [1.29, 1.82) is 0 Å². The molecule has 1 saturated carbocycles. The smallest absolute Gasteiger partial charge is 0.316 e. The molecule has 1 unspecified atom stereocenters. The van der Waals surface area contributed by atoms with E-state index in [1.807, 2.05) is 6.07 Å². The van der Waals surface area contributed by atoms with E-state index in [2.05, 4.69) is 78.6 Å². The van der Waals surface area contributed by atoms with Gasteiger partial charge < -0.3 is 34.6 Å². The van der Waals surface area contributed by atoms with Gasteiger partial charge >= 0.3 is 5.97 Å². The van der Waals surface area contributed by atoms with E-state index in [0.29, 0.717) is 53.8 Å². The molecule has 4 fully saturated rings. The Balaban J connectivity index is 0.951. The van der Waals surface area contributed by atoms with Crippen LogP contribution in [0.2, 0.25) is 23.2 Å². The van der Waals surface area contributed by atoms with E-state index < -0.39 is 13.7 Å². The lowest BCUT2D eigenvalue weighted by Crippen LogP contribution is -2.53. The van der Waals surface area contributed by atoms with Crippen molar-refractivity contribution in [3.63, 3.8) is 0 Å². The first kappa shape index (κ1) is 45.8. The number of hydrogen-bond acceptors (Lipinski definition) is 9. The van der Waals surface area contributed by atoms with Crippen LogP contribution in [0.25, 0.3) is 10.9 Å². The molecule has 13 heteroatoms. The summed E-state index contributed by atoms with van der Waals surface area (Å²) in [4.78, 5) is 44.5. The van der Waals surface area contributed by atoms with Crippen molar-refractivity contribution in [3.8, 4) is 11.5 Å². The molecule has 4 heterocycles.